The SMILES string of the molecule is O=P1(NC23CC4CC(CC(C4)C2)C3)Oc2ccccc2OCCOCCOCCOc2ccccc2O1. The monoisotopic (exact) mass is 529 g/mol. The Morgan fingerprint density at radius 1 is 0.622 bits per heavy atom. The highest BCUT2D eigenvalue weighted by atomic mass is 31.2. The molecule has 4 aliphatic carbocycles. The zero-order chi connectivity index (χ0) is 25.1. The lowest BCUT2D eigenvalue weighted by Gasteiger charge is -2.57. The van der Waals surface area contributed by atoms with Crippen LogP contribution in [0.4, 0.5) is 0 Å². The maximum atomic E-state index is 14.7. The molecule has 2 aromatic carbocycles. The fraction of sp³-hybridized carbons (Fsp3) is 0.571. The van der Waals surface area contributed by atoms with E-state index in [2.05, 4.69) is 5.09 Å². The summed E-state index contributed by atoms with van der Waals surface area (Å²) in [6.07, 6.45) is 6.85. The van der Waals surface area contributed by atoms with E-state index in [9.17, 15) is 4.57 Å². The Morgan fingerprint density at radius 2 is 1.03 bits per heavy atom. The number of fused-ring (bicyclic) bond motifs is 2. The molecule has 5 aliphatic rings. The third-order valence-corrected chi connectivity index (χ3v) is 9.51. The van der Waals surface area contributed by atoms with Gasteiger partial charge in [-0.25, -0.2) is 4.57 Å². The molecule has 4 bridgehead atoms. The van der Waals surface area contributed by atoms with Crippen molar-refractivity contribution >= 4 is 7.75 Å². The largest absolute Gasteiger partial charge is 0.513 e. The molecule has 8 nitrogen and oxygen atoms in total. The first-order valence-corrected chi connectivity index (χ1v) is 15.0. The van der Waals surface area contributed by atoms with E-state index < -0.39 is 7.75 Å². The smallest absolute Gasteiger partial charge is 0.487 e. The summed E-state index contributed by atoms with van der Waals surface area (Å²) >= 11 is 0. The molecule has 0 unspecified atom stereocenters. The first kappa shape index (κ1) is 25.1. The Hall–Kier alpha value is -2.25. The molecule has 0 atom stereocenters. The van der Waals surface area contributed by atoms with Gasteiger partial charge in [-0.15, -0.1) is 0 Å². The van der Waals surface area contributed by atoms with Crippen molar-refractivity contribution in [3.8, 4) is 23.0 Å². The van der Waals surface area contributed by atoms with Gasteiger partial charge < -0.3 is 28.0 Å². The maximum Gasteiger partial charge on any atom is 0.513 e. The summed E-state index contributed by atoms with van der Waals surface area (Å²) in [5, 5.41) is 3.48. The van der Waals surface area contributed by atoms with Crippen LogP contribution >= 0.6 is 7.75 Å². The Labute approximate surface area is 218 Å². The molecule has 0 saturated heterocycles. The summed E-state index contributed by atoms with van der Waals surface area (Å²) in [6, 6.07) is 14.5. The number of rotatable bonds is 2. The number of hydrogen-bond acceptors (Lipinski definition) is 7. The van der Waals surface area contributed by atoms with E-state index in [0.29, 0.717) is 80.4 Å². The Balaban J connectivity index is 1.32. The molecule has 9 heteroatoms. The van der Waals surface area contributed by atoms with Gasteiger partial charge in [0.2, 0.25) is 0 Å². The molecule has 1 heterocycles. The number of ether oxygens (including phenoxy) is 4. The van der Waals surface area contributed by atoms with Crippen LogP contribution in [0, 0.1) is 17.8 Å². The summed E-state index contributed by atoms with van der Waals surface area (Å²) in [5.74, 6) is 3.75. The summed E-state index contributed by atoms with van der Waals surface area (Å²) in [4.78, 5) is 0. The lowest BCUT2D eigenvalue weighted by Crippen LogP contribution is -2.57. The summed E-state index contributed by atoms with van der Waals surface area (Å²) in [6.45, 7) is 2.40. The van der Waals surface area contributed by atoms with Crippen molar-refractivity contribution in [2.45, 2.75) is 44.1 Å². The summed E-state index contributed by atoms with van der Waals surface area (Å²) in [5.41, 5.74) is -0.254. The van der Waals surface area contributed by atoms with E-state index in [1.54, 1.807) is 24.3 Å². The van der Waals surface area contributed by atoms with Gasteiger partial charge in [0.05, 0.1) is 26.4 Å². The van der Waals surface area contributed by atoms with E-state index in [1.165, 1.54) is 19.3 Å². The normalized spacial score (nSPS) is 31.4. The fourth-order valence-electron chi connectivity index (χ4n) is 6.89. The van der Waals surface area contributed by atoms with Crippen molar-refractivity contribution in [3.05, 3.63) is 48.5 Å². The van der Waals surface area contributed by atoms with Crippen molar-refractivity contribution in [1.82, 2.24) is 5.09 Å². The van der Waals surface area contributed by atoms with Gasteiger partial charge >= 0.3 is 7.75 Å². The quantitative estimate of drug-likeness (QED) is 0.503. The second kappa shape index (κ2) is 10.9. The van der Waals surface area contributed by atoms with Gasteiger partial charge in [0, 0.05) is 5.54 Å². The van der Waals surface area contributed by atoms with Crippen LogP contribution in [-0.2, 0) is 14.0 Å². The molecule has 37 heavy (non-hydrogen) atoms. The van der Waals surface area contributed by atoms with Crippen LogP contribution in [0.5, 0.6) is 23.0 Å². The minimum Gasteiger partial charge on any atom is -0.487 e. The second-order valence-corrected chi connectivity index (χ2v) is 12.4. The highest BCUT2D eigenvalue weighted by Gasteiger charge is 2.54. The third kappa shape index (κ3) is 5.93. The van der Waals surface area contributed by atoms with Crippen molar-refractivity contribution in [2.24, 2.45) is 17.8 Å². The Morgan fingerprint density at radius 3 is 1.49 bits per heavy atom. The van der Waals surface area contributed by atoms with Gasteiger partial charge in [-0.05, 0) is 80.5 Å². The molecular formula is C28H36NO7P. The predicted octanol–water partition coefficient (Wildman–Crippen LogP) is 5.62. The van der Waals surface area contributed by atoms with Crippen LogP contribution in [-0.4, -0.2) is 45.2 Å². The number of nitrogens with one attached hydrogen (secondary N) is 1. The topological polar surface area (TPSA) is 84.5 Å². The third-order valence-electron chi connectivity index (χ3n) is 7.89. The van der Waals surface area contributed by atoms with E-state index >= 15 is 0 Å². The molecule has 0 radical (unpaired) electrons. The zero-order valence-corrected chi connectivity index (χ0v) is 22.0. The second-order valence-electron chi connectivity index (χ2n) is 10.8. The highest BCUT2D eigenvalue weighted by molar-refractivity contribution is 7.52. The first-order chi connectivity index (χ1) is 18.1. The Bertz CT molecular complexity index is 1030. The van der Waals surface area contributed by atoms with Crippen molar-refractivity contribution in [3.63, 3.8) is 0 Å². The van der Waals surface area contributed by atoms with E-state index in [4.69, 9.17) is 28.0 Å². The van der Waals surface area contributed by atoms with Crippen molar-refractivity contribution in [1.29, 1.82) is 0 Å². The minimum absolute atomic E-state index is 0.254. The lowest BCUT2D eigenvalue weighted by molar-refractivity contribution is -0.0109. The molecule has 7 rings (SSSR count). The lowest BCUT2D eigenvalue weighted by atomic mass is 9.53. The van der Waals surface area contributed by atoms with Gasteiger partial charge in [-0.2, -0.15) is 5.09 Å². The van der Waals surface area contributed by atoms with Gasteiger partial charge in [0.1, 0.15) is 13.2 Å². The molecule has 2 aromatic rings. The molecule has 0 aromatic heterocycles. The van der Waals surface area contributed by atoms with Crippen LogP contribution in [0.3, 0.4) is 0 Å². The standard InChI is InChI=1S/C28H36NO7P/c30-37(29-28-18-21-15-22(19-28)17-23(16-21)20-28)35-26-7-3-1-5-24(26)33-13-11-31-9-10-32-12-14-34-25-6-2-4-8-27(25)36-37/h1-8,21-23H,9-20H2,(H,29,30). The van der Waals surface area contributed by atoms with E-state index in [-0.39, 0.29) is 5.54 Å². The van der Waals surface area contributed by atoms with Crippen molar-refractivity contribution < 1.29 is 32.6 Å². The molecular weight excluding hydrogens is 493 g/mol. The average molecular weight is 530 g/mol. The summed E-state index contributed by atoms with van der Waals surface area (Å²) < 4.78 is 50.4. The molecule has 4 saturated carbocycles. The van der Waals surface area contributed by atoms with E-state index in [0.717, 1.165) is 19.3 Å². The summed E-state index contributed by atoms with van der Waals surface area (Å²) in [7, 11) is -3.90. The van der Waals surface area contributed by atoms with Crippen LogP contribution in [0.15, 0.2) is 48.5 Å². The fourth-order valence-corrected chi connectivity index (χ4v) is 8.70. The Kier molecular flexibility index (Phi) is 7.35. The molecule has 4 fully saturated rings. The van der Waals surface area contributed by atoms with Gasteiger partial charge in [-0.1, -0.05) is 24.3 Å². The van der Waals surface area contributed by atoms with Gasteiger partial charge in [0.15, 0.2) is 23.0 Å². The number of benzene rings is 2. The van der Waals surface area contributed by atoms with Gasteiger partial charge in [-0.3, -0.25) is 0 Å². The molecule has 0 amide bonds. The minimum atomic E-state index is -3.90. The van der Waals surface area contributed by atoms with Gasteiger partial charge in [0.25, 0.3) is 0 Å². The van der Waals surface area contributed by atoms with Crippen LogP contribution in [0.2, 0.25) is 0 Å². The first-order valence-electron chi connectivity index (χ1n) is 13.5. The predicted molar refractivity (Wildman–Crippen MR) is 138 cm³/mol. The van der Waals surface area contributed by atoms with E-state index in [1.807, 2.05) is 24.3 Å². The molecule has 1 aliphatic heterocycles. The molecule has 200 valence electrons. The zero-order valence-electron chi connectivity index (χ0n) is 21.1. The number of hydrogen-bond donors (Lipinski definition) is 1. The highest BCUT2D eigenvalue weighted by Crippen LogP contribution is 2.60. The van der Waals surface area contributed by atoms with Crippen molar-refractivity contribution in [2.75, 3.05) is 39.6 Å². The molecule has 1 N–H and O–H groups in total. The number of para-hydroxylation sites is 4. The molecule has 0 spiro atoms. The average Bonchev–Trinajstić information content (AvgIpc) is 2.85. The van der Waals surface area contributed by atoms with Crippen LogP contribution in [0.25, 0.3) is 0 Å². The maximum absolute atomic E-state index is 14.7. The van der Waals surface area contributed by atoms with Crippen LogP contribution < -0.4 is 23.6 Å². The van der Waals surface area contributed by atoms with Crippen LogP contribution in [0.1, 0.15) is 38.5 Å².